The van der Waals surface area contributed by atoms with Crippen molar-refractivity contribution in [2.75, 3.05) is 6.61 Å². The highest BCUT2D eigenvalue weighted by atomic mass is 79.9. The van der Waals surface area contributed by atoms with Crippen LogP contribution in [0.15, 0.2) is 9.98 Å². The second-order valence-corrected chi connectivity index (χ2v) is 5.87. The summed E-state index contributed by atoms with van der Waals surface area (Å²) in [6, 6.07) is 0. The Bertz CT molecular complexity index is 346. The van der Waals surface area contributed by atoms with E-state index >= 15 is 0 Å². The molecule has 0 aromatic heterocycles. The van der Waals surface area contributed by atoms with Crippen molar-refractivity contribution in [3.63, 3.8) is 0 Å². The summed E-state index contributed by atoms with van der Waals surface area (Å²) in [5.74, 6) is 0.430. The largest absolute Gasteiger partial charge is 0.368 e. The normalized spacial score (nSPS) is 18.8. The van der Waals surface area contributed by atoms with Crippen molar-refractivity contribution in [1.29, 1.82) is 0 Å². The second-order valence-electron chi connectivity index (χ2n) is 5.87. The molecule has 18 heavy (non-hydrogen) atoms. The number of hydroxylamine groups is 2. The molecule has 1 aliphatic heterocycles. The Morgan fingerprint density at radius 2 is 1.83 bits per heavy atom. The lowest BCUT2D eigenvalue weighted by atomic mass is 9.93. The predicted octanol–water partition coefficient (Wildman–Crippen LogP) is 1.61. The van der Waals surface area contributed by atoms with Crippen molar-refractivity contribution in [3.8, 4) is 0 Å². The van der Waals surface area contributed by atoms with Gasteiger partial charge in [-0.2, -0.15) is 10.1 Å². The van der Waals surface area contributed by atoms with Crippen LogP contribution in [0.2, 0.25) is 0 Å². The Balaban J connectivity index is 0.00000289. The molecule has 0 bridgehead atoms. The minimum atomic E-state index is -0.617. The number of guanidine groups is 2. The lowest BCUT2D eigenvalue weighted by molar-refractivity contribution is -0.161. The molecule has 0 aromatic carbocycles. The van der Waals surface area contributed by atoms with E-state index in [1.165, 1.54) is 5.06 Å². The van der Waals surface area contributed by atoms with Gasteiger partial charge in [-0.05, 0) is 25.7 Å². The van der Waals surface area contributed by atoms with Crippen LogP contribution in [-0.4, -0.2) is 29.3 Å². The van der Waals surface area contributed by atoms with Gasteiger partial charge in [-0.3, -0.25) is 4.84 Å². The SMILES string of the molecule is Br.CC(C)(C)CCON1C(N)=NC(N)=NC1(C)C. The molecule has 0 aromatic rings. The quantitative estimate of drug-likeness (QED) is 0.826. The van der Waals surface area contributed by atoms with Crippen LogP contribution in [0.25, 0.3) is 0 Å². The number of aliphatic imine (C=N–C) groups is 2. The van der Waals surface area contributed by atoms with E-state index in [1.54, 1.807) is 0 Å². The summed E-state index contributed by atoms with van der Waals surface area (Å²) in [7, 11) is 0. The molecule has 0 amide bonds. The smallest absolute Gasteiger partial charge is 0.226 e. The van der Waals surface area contributed by atoms with E-state index in [0.29, 0.717) is 6.61 Å². The Morgan fingerprint density at radius 3 is 2.28 bits per heavy atom. The lowest BCUT2D eigenvalue weighted by Gasteiger charge is -2.37. The van der Waals surface area contributed by atoms with Gasteiger partial charge in [0.15, 0.2) is 5.66 Å². The maximum atomic E-state index is 5.78. The third kappa shape index (κ3) is 4.81. The minimum Gasteiger partial charge on any atom is -0.368 e. The van der Waals surface area contributed by atoms with Crippen LogP contribution in [0.5, 0.6) is 0 Å². The standard InChI is InChI=1S/C11H23N5O.BrH/c1-10(2,3)6-7-17-16-9(13)14-8(12)15-11(16,4)5;/h6-7H2,1-5H3,(H4,12,13,14,15);1H. The molecular weight excluding hydrogens is 298 g/mol. The topological polar surface area (TPSA) is 89.2 Å². The number of halogens is 1. The molecule has 6 nitrogen and oxygen atoms in total. The van der Waals surface area contributed by atoms with E-state index in [2.05, 4.69) is 30.8 Å². The van der Waals surface area contributed by atoms with Gasteiger partial charge >= 0.3 is 0 Å². The summed E-state index contributed by atoms with van der Waals surface area (Å²) in [6.45, 7) is 10.8. The van der Waals surface area contributed by atoms with Crippen LogP contribution in [-0.2, 0) is 4.84 Å². The molecule has 0 radical (unpaired) electrons. The molecule has 7 heteroatoms. The zero-order valence-electron chi connectivity index (χ0n) is 11.7. The lowest BCUT2D eigenvalue weighted by Crippen LogP contribution is -2.53. The first-order chi connectivity index (χ1) is 7.62. The Kier molecular flexibility index (Phi) is 5.61. The predicted molar refractivity (Wildman–Crippen MR) is 79.5 cm³/mol. The third-order valence-corrected chi connectivity index (χ3v) is 2.39. The summed E-state index contributed by atoms with van der Waals surface area (Å²) in [6.07, 6.45) is 0.923. The van der Waals surface area contributed by atoms with E-state index in [1.807, 2.05) is 13.8 Å². The molecule has 0 aliphatic carbocycles. The van der Waals surface area contributed by atoms with Gasteiger partial charge in [0.2, 0.25) is 11.9 Å². The van der Waals surface area contributed by atoms with Crippen LogP contribution in [0.4, 0.5) is 0 Å². The molecule has 1 rings (SSSR count). The Morgan fingerprint density at radius 1 is 1.28 bits per heavy atom. The van der Waals surface area contributed by atoms with Gasteiger partial charge < -0.3 is 11.5 Å². The highest BCUT2D eigenvalue weighted by Gasteiger charge is 2.33. The number of nitrogens with two attached hydrogens (primary N) is 2. The number of hydrogen-bond donors (Lipinski definition) is 2. The van der Waals surface area contributed by atoms with Crippen LogP contribution < -0.4 is 11.5 Å². The molecule has 1 aliphatic rings. The van der Waals surface area contributed by atoms with E-state index in [-0.39, 0.29) is 34.3 Å². The number of nitrogens with zero attached hydrogens (tertiary/aromatic N) is 3. The molecule has 0 spiro atoms. The molecule has 106 valence electrons. The van der Waals surface area contributed by atoms with Crippen molar-refractivity contribution in [2.24, 2.45) is 26.9 Å². The van der Waals surface area contributed by atoms with Gasteiger partial charge in [0.1, 0.15) is 0 Å². The molecule has 1 heterocycles. The second kappa shape index (κ2) is 5.88. The van der Waals surface area contributed by atoms with Gasteiger partial charge in [0.05, 0.1) is 6.61 Å². The van der Waals surface area contributed by atoms with E-state index in [4.69, 9.17) is 16.3 Å². The van der Waals surface area contributed by atoms with Crippen LogP contribution >= 0.6 is 17.0 Å². The molecule has 0 fully saturated rings. The highest BCUT2D eigenvalue weighted by Crippen LogP contribution is 2.22. The zero-order valence-corrected chi connectivity index (χ0v) is 13.4. The van der Waals surface area contributed by atoms with Gasteiger partial charge in [0, 0.05) is 0 Å². The van der Waals surface area contributed by atoms with Crippen molar-refractivity contribution >= 4 is 28.9 Å². The van der Waals surface area contributed by atoms with Gasteiger partial charge in [-0.25, -0.2) is 4.99 Å². The van der Waals surface area contributed by atoms with Crippen molar-refractivity contribution in [1.82, 2.24) is 5.06 Å². The van der Waals surface area contributed by atoms with Gasteiger partial charge in [-0.15, -0.1) is 17.0 Å². The third-order valence-electron chi connectivity index (χ3n) is 2.39. The van der Waals surface area contributed by atoms with Crippen molar-refractivity contribution in [2.45, 2.75) is 46.7 Å². The average molecular weight is 322 g/mol. The Labute approximate surface area is 119 Å². The first-order valence-corrected chi connectivity index (χ1v) is 5.74. The first kappa shape index (κ1) is 17.2. The zero-order chi connectivity index (χ0) is 13.3. The molecule has 0 saturated carbocycles. The Hall–Kier alpha value is -0.820. The first-order valence-electron chi connectivity index (χ1n) is 5.74. The summed E-state index contributed by atoms with van der Waals surface area (Å²) >= 11 is 0. The molecular formula is C11H24BrN5O. The van der Waals surface area contributed by atoms with Gasteiger partial charge in [-0.1, -0.05) is 20.8 Å². The minimum absolute atomic E-state index is 0. The van der Waals surface area contributed by atoms with Crippen LogP contribution in [0.3, 0.4) is 0 Å². The highest BCUT2D eigenvalue weighted by molar-refractivity contribution is 8.93. The van der Waals surface area contributed by atoms with Crippen LogP contribution in [0.1, 0.15) is 41.0 Å². The maximum Gasteiger partial charge on any atom is 0.226 e. The van der Waals surface area contributed by atoms with Crippen molar-refractivity contribution < 1.29 is 4.84 Å². The molecule has 0 saturated heterocycles. The molecule has 4 N–H and O–H groups in total. The fourth-order valence-electron chi connectivity index (χ4n) is 1.46. The molecule has 0 atom stereocenters. The van der Waals surface area contributed by atoms with E-state index in [0.717, 1.165) is 6.42 Å². The fourth-order valence-corrected chi connectivity index (χ4v) is 1.46. The maximum absolute atomic E-state index is 5.78. The van der Waals surface area contributed by atoms with Crippen molar-refractivity contribution in [3.05, 3.63) is 0 Å². The summed E-state index contributed by atoms with van der Waals surface area (Å²) in [5.41, 5.74) is 10.9. The molecule has 0 unspecified atom stereocenters. The average Bonchev–Trinajstić information content (AvgIpc) is 2.06. The summed E-state index contributed by atoms with van der Waals surface area (Å²) < 4.78 is 0. The monoisotopic (exact) mass is 321 g/mol. The number of hydrogen-bond acceptors (Lipinski definition) is 6. The number of rotatable bonds is 3. The van der Waals surface area contributed by atoms with E-state index in [9.17, 15) is 0 Å². The fraction of sp³-hybridized carbons (Fsp3) is 0.818. The van der Waals surface area contributed by atoms with Crippen LogP contribution in [0, 0.1) is 5.41 Å². The summed E-state index contributed by atoms with van der Waals surface area (Å²) in [4.78, 5) is 13.7. The van der Waals surface area contributed by atoms with E-state index < -0.39 is 5.66 Å². The van der Waals surface area contributed by atoms with Gasteiger partial charge in [0.25, 0.3) is 0 Å². The summed E-state index contributed by atoms with van der Waals surface area (Å²) in [5, 5.41) is 1.51.